The number of fused-ring (bicyclic) bond motifs is 1. The average Bonchev–Trinajstić information content (AvgIpc) is 2.98. The lowest BCUT2D eigenvalue weighted by Gasteiger charge is -2.14. The highest BCUT2D eigenvalue weighted by atomic mass is 32.1. The fourth-order valence-corrected chi connectivity index (χ4v) is 3.91. The molecule has 3 rings (SSSR count). The number of amides is 1. The maximum atomic E-state index is 13.1. The molecule has 0 aliphatic heterocycles. The maximum Gasteiger partial charge on any atom is 0.573 e. The van der Waals surface area contributed by atoms with E-state index in [4.69, 9.17) is 0 Å². The Hall–Kier alpha value is -3.21. The zero-order valence-electron chi connectivity index (χ0n) is 15.3. The van der Waals surface area contributed by atoms with Gasteiger partial charge >= 0.3 is 12.3 Å². The predicted octanol–water partition coefficient (Wildman–Crippen LogP) is 4.52. The highest BCUT2D eigenvalue weighted by Gasteiger charge is 2.31. The van der Waals surface area contributed by atoms with Gasteiger partial charge in [-0.15, -0.1) is 13.2 Å². The zero-order valence-corrected chi connectivity index (χ0v) is 16.1. The van der Waals surface area contributed by atoms with E-state index in [9.17, 15) is 32.3 Å². The molecule has 6 nitrogen and oxygen atoms in total. The van der Waals surface area contributed by atoms with E-state index in [0.29, 0.717) is 0 Å². The Kier molecular flexibility index (Phi) is 5.92. The molecule has 0 bridgehead atoms. The molecule has 1 unspecified atom stereocenters. The van der Waals surface area contributed by atoms with E-state index in [1.54, 1.807) is 6.92 Å². The SMILES string of the molecule is CCC(C(=O)O)n1/c(=N/C(=O)c2ccc(F)cc2)sc2cc(OC(F)(F)F)ccc21. The topological polar surface area (TPSA) is 80.9 Å². The van der Waals surface area contributed by atoms with Crippen molar-refractivity contribution in [3.8, 4) is 5.75 Å². The number of alkyl halides is 3. The van der Waals surface area contributed by atoms with Gasteiger partial charge in [0.1, 0.15) is 17.6 Å². The number of carbonyl (C=O) groups excluding carboxylic acids is 1. The number of carboxylic acids is 1. The van der Waals surface area contributed by atoms with Crippen molar-refractivity contribution in [1.82, 2.24) is 4.57 Å². The number of nitrogens with zero attached hydrogens (tertiary/aromatic N) is 2. The van der Waals surface area contributed by atoms with E-state index in [-0.39, 0.29) is 27.0 Å². The molecule has 0 aliphatic carbocycles. The molecular weight excluding hydrogens is 428 g/mol. The van der Waals surface area contributed by atoms with Crippen LogP contribution in [0.1, 0.15) is 29.7 Å². The van der Waals surface area contributed by atoms with Crippen molar-refractivity contribution in [2.24, 2.45) is 4.99 Å². The number of aliphatic carboxylic acids is 1. The second kappa shape index (κ2) is 8.27. The van der Waals surface area contributed by atoms with Crippen LogP contribution in [0.5, 0.6) is 5.75 Å². The fraction of sp³-hybridized carbons (Fsp3) is 0.211. The summed E-state index contributed by atoms with van der Waals surface area (Å²) < 4.78 is 56.0. The van der Waals surface area contributed by atoms with Gasteiger partial charge in [0.25, 0.3) is 5.91 Å². The minimum Gasteiger partial charge on any atom is -0.480 e. The maximum absolute atomic E-state index is 13.1. The molecule has 158 valence electrons. The minimum atomic E-state index is -4.89. The molecule has 0 radical (unpaired) electrons. The Bertz CT molecular complexity index is 1170. The van der Waals surface area contributed by atoms with E-state index in [0.717, 1.165) is 35.6 Å². The van der Waals surface area contributed by atoms with Gasteiger partial charge in [-0.3, -0.25) is 4.79 Å². The van der Waals surface area contributed by atoms with Gasteiger partial charge in [-0.2, -0.15) is 4.99 Å². The van der Waals surface area contributed by atoms with Gasteiger partial charge in [0.2, 0.25) is 0 Å². The third-order valence-electron chi connectivity index (χ3n) is 4.10. The quantitative estimate of drug-likeness (QED) is 0.590. The number of benzene rings is 2. The van der Waals surface area contributed by atoms with Crippen LogP contribution in [0.4, 0.5) is 17.6 Å². The third-order valence-corrected chi connectivity index (χ3v) is 5.12. The number of hydrogen-bond donors (Lipinski definition) is 1. The van der Waals surface area contributed by atoms with Crippen molar-refractivity contribution in [3.05, 3.63) is 58.6 Å². The van der Waals surface area contributed by atoms with E-state index in [1.807, 2.05) is 0 Å². The molecule has 1 N–H and O–H groups in total. The van der Waals surface area contributed by atoms with Crippen LogP contribution in [-0.4, -0.2) is 27.9 Å². The van der Waals surface area contributed by atoms with Crippen LogP contribution in [0.25, 0.3) is 10.2 Å². The third kappa shape index (κ3) is 4.67. The number of rotatable bonds is 5. The van der Waals surface area contributed by atoms with Crippen LogP contribution < -0.4 is 9.54 Å². The predicted molar refractivity (Wildman–Crippen MR) is 99.8 cm³/mol. The van der Waals surface area contributed by atoms with Gasteiger partial charge in [-0.1, -0.05) is 18.3 Å². The number of halogens is 4. The first-order valence-electron chi connectivity index (χ1n) is 8.57. The summed E-state index contributed by atoms with van der Waals surface area (Å²) in [5, 5.41) is 9.56. The van der Waals surface area contributed by atoms with Crippen LogP contribution in [0.15, 0.2) is 47.5 Å². The normalized spacial score (nSPS) is 13.4. The number of hydrogen-bond acceptors (Lipinski definition) is 4. The second-order valence-corrected chi connectivity index (χ2v) is 7.13. The summed E-state index contributed by atoms with van der Waals surface area (Å²) in [5.74, 6) is -2.97. The van der Waals surface area contributed by atoms with Crippen LogP contribution >= 0.6 is 11.3 Å². The molecular formula is C19H14F4N2O4S. The van der Waals surface area contributed by atoms with Gasteiger partial charge in [0.15, 0.2) is 4.80 Å². The van der Waals surface area contributed by atoms with Gasteiger partial charge < -0.3 is 14.4 Å². The van der Waals surface area contributed by atoms with Crippen LogP contribution in [-0.2, 0) is 4.79 Å². The number of ether oxygens (including phenoxy) is 1. The molecule has 0 saturated heterocycles. The summed E-state index contributed by atoms with van der Waals surface area (Å²) in [4.78, 5) is 28.1. The Morgan fingerprint density at radius 3 is 2.43 bits per heavy atom. The monoisotopic (exact) mass is 442 g/mol. The minimum absolute atomic E-state index is 0.0160. The lowest BCUT2D eigenvalue weighted by molar-refractivity contribution is -0.274. The summed E-state index contributed by atoms with van der Waals surface area (Å²) in [6.07, 6.45) is -4.75. The van der Waals surface area contributed by atoms with Crippen LogP contribution in [0, 0.1) is 5.82 Å². The van der Waals surface area contributed by atoms with Crippen molar-refractivity contribution in [3.63, 3.8) is 0 Å². The van der Waals surface area contributed by atoms with Gasteiger partial charge in [0, 0.05) is 5.56 Å². The summed E-state index contributed by atoms with van der Waals surface area (Å²) in [7, 11) is 0. The standard InChI is InChI=1S/C19H14F4N2O4S/c1-2-13(17(27)28)25-14-8-7-12(29-19(21,22)23)9-15(14)30-18(25)24-16(26)10-3-5-11(20)6-4-10/h3-9,13H,2H2,1H3,(H,27,28)/b24-18-. The average molecular weight is 442 g/mol. The van der Waals surface area contributed by atoms with Gasteiger partial charge in [-0.25, -0.2) is 9.18 Å². The first-order valence-corrected chi connectivity index (χ1v) is 9.39. The molecule has 0 saturated carbocycles. The highest BCUT2D eigenvalue weighted by molar-refractivity contribution is 7.16. The Morgan fingerprint density at radius 1 is 1.20 bits per heavy atom. The molecule has 1 aromatic heterocycles. The Balaban J connectivity index is 2.18. The number of aromatic nitrogens is 1. The molecule has 2 aromatic carbocycles. The first-order chi connectivity index (χ1) is 14.1. The van der Waals surface area contributed by atoms with Crippen molar-refractivity contribution >= 4 is 33.4 Å². The molecule has 0 spiro atoms. The highest BCUT2D eigenvalue weighted by Crippen LogP contribution is 2.29. The second-order valence-electron chi connectivity index (χ2n) is 6.12. The lowest BCUT2D eigenvalue weighted by Crippen LogP contribution is -2.27. The summed E-state index contributed by atoms with van der Waals surface area (Å²) in [6, 6.07) is 6.93. The molecule has 0 aliphatic rings. The Morgan fingerprint density at radius 2 is 1.87 bits per heavy atom. The van der Waals surface area contributed by atoms with E-state index < -0.39 is 35.8 Å². The van der Waals surface area contributed by atoms with Gasteiger partial charge in [-0.05, 0) is 48.9 Å². The first kappa shape index (κ1) is 21.5. The van der Waals surface area contributed by atoms with E-state index >= 15 is 0 Å². The summed E-state index contributed by atoms with van der Waals surface area (Å²) >= 11 is 0.842. The Labute approximate surface area is 170 Å². The van der Waals surface area contributed by atoms with Crippen molar-refractivity contribution < 1.29 is 37.0 Å². The molecule has 1 amide bonds. The van der Waals surface area contributed by atoms with E-state index in [2.05, 4.69) is 9.73 Å². The molecule has 30 heavy (non-hydrogen) atoms. The summed E-state index contributed by atoms with van der Waals surface area (Å²) in [5.41, 5.74) is 0.360. The molecule has 11 heteroatoms. The fourth-order valence-electron chi connectivity index (χ4n) is 2.81. The number of carboxylic acid groups (broad SMARTS) is 1. The number of carbonyl (C=O) groups is 2. The smallest absolute Gasteiger partial charge is 0.480 e. The number of thiazole rings is 1. The van der Waals surface area contributed by atoms with Crippen molar-refractivity contribution in [2.75, 3.05) is 0 Å². The molecule has 0 fully saturated rings. The largest absolute Gasteiger partial charge is 0.573 e. The van der Waals surface area contributed by atoms with Crippen LogP contribution in [0.2, 0.25) is 0 Å². The lowest BCUT2D eigenvalue weighted by atomic mass is 10.2. The molecule has 3 aromatic rings. The van der Waals surface area contributed by atoms with Crippen LogP contribution in [0.3, 0.4) is 0 Å². The summed E-state index contributed by atoms with van der Waals surface area (Å²) in [6.45, 7) is 1.61. The van der Waals surface area contributed by atoms with Crippen molar-refractivity contribution in [2.45, 2.75) is 25.7 Å². The van der Waals surface area contributed by atoms with Gasteiger partial charge in [0.05, 0.1) is 10.2 Å². The zero-order chi connectivity index (χ0) is 22.1. The molecule has 1 atom stereocenters. The van der Waals surface area contributed by atoms with E-state index in [1.165, 1.54) is 22.8 Å². The van der Waals surface area contributed by atoms with Crippen molar-refractivity contribution in [1.29, 1.82) is 0 Å². The molecule has 1 heterocycles.